The van der Waals surface area contributed by atoms with Gasteiger partial charge in [0, 0.05) is 29.4 Å². The number of nitrogens with one attached hydrogen (secondary N) is 1. The van der Waals surface area contributed by atoms with E-state index in [1.807, 2.05) is 0 Å². The maximum absolute atomic E-state index is 13.4. The molecule has 11 nitrogen and oxygen atoms in total. The summed E-state index contributed by atoms with van der Waals surface area (Å²) < 4.78 is 21.8. The molecule has 2 N–H and O–H groups in total. The second kappa shape index (κ2) is 19.4. The molecule has 0 unspecified atom stereocenters. The molecule has 4 aromatic rings. The smallest absolute Gasteiger partial charge is 0.343 e. The Balaban J connectivity index is 1.30. The Labute approximate surface area is 298 Å². The van der Waals surface area contributed by atoms with Crippen molar-refractivity contribution in [1.29, 1.82) is 0 Å². The van der Waals surface area contributed by atoms with E-state index < -0.39 is 24.4 Å². The summed E-state index contributed by atoms with van der Waals surface area (Å²) in [6, 6.07) is 24.7. The van der Waals surface area contributed by atoms with E-state index in [2.05, 4.69) is 12.2 Å². The van der Waals surface area contributed by atoms with E-state index in [0.29, 0.717) is 52.0 Å². The monoisotopic (exact) mass is 696 g/mol. The van der Waals surface area contributed by atoms with Crippen LogP contribution in [0, 0.1) is 0 Å². The van der Waals surface area contributed by atoms with E-state index in [1.165, 1.54) is 43.4 Å². The van der Waals surface area contributed by atoms with Crippen molar-refractivity contribution in [3.05, 3.63) is 113 Å². The number of methoxy groups -OCH3 is 2. The lowest BCUT2D eigenvalue weighted by Crippen LogP contribution is -2.35. The standard InChI is InChI=1S/C40H44N2O9/c1-4-5-6-7-8-23-50-33-20-13-30(14-21-33)40(47)51-34-18-9-28(10-19-34)26-42(27-38(44)45)39(46)29-11-16-32(17-12-29)41-37(43)24-31-15-22-35(48-2)25-36(31)49-3/h9-22,25H,4-8,23-24,26-27H2,1-3H3,(H,41,43)(H,44,45). The van der Waals surface area contributed by atoms with Crippen molar-refractivity contribution in [3.63, 3.8) is 0 Å². The number of amides is 2. The Hall–Kier alpha value is -5.84. The Morgan fingerprint density at radius 3 is 2.02 bits per heavy atom. The van der Waals surface area contributed by atoms with Gasteiger partial charge in [-0.25, -0.2) is 4.79 Å². The fraction of sp³-hybridized carbons (Fsp3) is 0.300. The molecule has 0 aliphatic carbocycles. The fourth-order valence-corrected chi connectivity index (χ4v) is 5.25. The van der Waals surface area contributed by atoms with Gasteiger partial charge in [0.1, 0.15) is 29.5 Å². The van der Waals surface area contributed by atoms with Crippen LogP contribution >= 0.6 is 0 Å². The summed E-state index contributed by atoms with van der Waals surface area (Å²) in [6.07, 6.45) is 5.80. The quantitative estimate of drug-likeness (QED) is 0.0593. The predicted octanol–water partition coefficient (Wildman–Crippen LogP) is 7.18. The van der Waals surface area contributed by atoms with Crippen LogP contribution in [0.25, 0.3) is 0 Å². The maximum Gasteiger partial charge on any atom is 0.343 e. The molecule has 0 aromatic heterocycles. The number of benzene rings is 4. The number of aliphatic carboxylic acids is 1. The van der Waals surface area contributed by atoms with Gasteiger partial charge in [-0.2, -0.15) is 0 Å². The highest BCUT2D eigenvalue weighted by Gasteiger charge is 2.20. The summed E-state index contributed by atoms with van der Waals surface area (Å²) in [5.41, 5.74) is 2.41. The molecular weight excluding hydrogens is 652 g/mol. The van der Waals surface area contributed by atoms with Crippen molar-refractivity contribution in [2.24, 2.45) is 0 Å². The van der Waals surface area contributed by atoms with Crippen LogP contribution < -0.4 is 24.3 Å². The highest BCUT2D eigenvalue weighted by Crippen LogP contribution is 2.25. The van der Waals surface area contributed by atoms with Crippen LogP contribution in [0.5, 0.6) is 23.0 Å². The first-order valence-electron chi connectivity index (χ1n) is 16.8. The minimum atomic E-state index is -1.17. The Morgan fingerprint density at radius 1 is 0.725 bits per heavy atom. The third-order valence-corrected chi connectivity index (χ3v) is 7.99. The van der Waals surface area contributed by atoms with Crippen LogP contribution in [-0.2, 0) is 22.6 Å². The third-order valence-electron chi connectivity index (χ3n) is 7.99. The van der Waals surface area contributed by atoms with Gasteiger partial charge in [0.15, 0.2) is 0 Å². The first kappa shape index (κ1) is 38.0. The van der Waals surface area contributed by atoms with Gasteiger partial charge in [-0.15, -0.1) is 0 Å². The van der Waals surface area contributed by atoms with Crippen LogP contribution in [0.1, 0.15) is 70.9 Å². The third kappa shape index (κ3) is 11.9. The average Bonchev–Trinajstić information content (AvgIpc) is 3.13. The van der Waals surface area contributed by atoms with Crippen LogP contribution in [0.2, 0.25) is 0 Å². The molecule has 11 heteroatoms. The van der Waals surface area contributed by atoms with E-state index in [4.69, 9.17) is 18.9 Å². The summed E-state index contributed by atoms with van der Waals surface area (Å²) in [4.78, 5) is 51.6. The molecule has 0 saturated carbocycles. The number of anilines is 1. The number of carboxylic acids is 1. The molecule has 0 fully saturated rings. The molecule has 2 amide bonds. The molecule has 0 aliphatic heterocycles. The highest BCUT2D eigenvalue weighted by molar-refractivity contribution is 5.97. The molecule has 4 aromatic carbocycles. The Morgan fingerprint density at radius 2 is 1.37 bits per heavy atom. The number of hydrogen-bond donors (Lipinski definition) is 2. The fourth-order valence-electron chi connectivity index (χ4n) is 5.25. The van der Waals surface area contributed by atoms with Gasteiger partial charge in [0.05, 0.1) is 32.8 Å². The number of carbonyl (C=O) groups excluding carboxylic acids is 3. The van der Waals surface area contributed by atoms with Crippen molar-refractivity contribution in [3.8, 4) is 23.0 Å². The number of esters is 1. The van der Waals surface area contributed by atoms with Gasteiger partial charge in [0.25, 0.3) is 5.91 Å². The SMILES string of the molecule is CCCCCCCOc1ccc(C(=O)Oc2ccc(CN(CC(=O)O)C(=O)c3ccc(NC(=O)Cc4ccc(OC)cc4OC)cc3)cc2)cc1. The molecule has 0 radical (unpaired) electrons. The van der Waals surface area contributed by atoms with E-state index in [9.17, 15) is 24.3 Å². The normalized spacial score (nSPS) is 10.6. The van der Waals surface area contributed by atoms with Crippen molar-refractivity contribution in [1.82, 2.24) is 4.90 Å². The minimum Gasteiger partial charge on any atom is -0.497 e. The lowest BCUT2D eigenvalue weighted by atomic mass is 10.1. The van der Waals surface area contributed by atoms with Crippen molar-refractivity contribution >= 4 is 29.4 Å². The minimum absolute atomic E-state index is 0.00159. The molecular formula is C40H44N2O9. The number of carbonyl (C=O) groups is 4. The van der Waals surface area contributed by atoms with Crippen LogP contribution in [0.15, 0.2) is 91.0 Å². The van der Waals surface area contributed by atoms with Crippen LogP contribution in [0.3, 0.4) is 0 Å². The number of unbranched alkanes of at least 4 members (excludes halogenated alkanes) is 4. The Kier molecular flexibility index (Phi) is 14.4. The van der Waals surface area contributed by atoms with Gasteiger partial charge < -0.3 is 34.3 Å². The van der Waals surface area contributed by atoms with Crippen molar-refractivity contribution in [2.75, 3.05) is 32.7 Å². The van der Waals surface area contributed by atoms with E-state index >= 15 is 0 Å². The lowest BCUT2D eigenvalue weighted by molar-refractivity contribution is -0.137. The number of nitrogens with zero attached hydrogens (tertiary/aromatic N) is 1. The number of hydrogen-bond acceptors (Lipinski definition) is 8. The topological polar surface area (TPSA) is 141 Å². The zero-order valence-electron chi connectivity index (χ0n) is 29.2. The first-order valence-corrected chi connectivity index (χ1v) is 16.8. The second-order valence-corrected chi connectivity index (χ2v) is 11.9. The lowest BCUT2D eigenvalue weighted by Gasteiger charge is -2.21. The zero-order chi connectivity index (χ0) is 36.6. The summed E-state index contributed by atoms with van der Waals surface area (Å²) >= 11 is 0. The molecule has 268 valence electrons. The predicted molar refractivity (Wildman–Crippen MR) is 193 cm³/mol. The summed E-state index contributed by atoms with van der Waals surface area (Å²) in [7, 11) is 3.06. The molecule has 4 rings (SSSR count). The number of rotatable bonds is 19. The van der Waals surface area contributed by atoms with Gasteiger partial charge in [-0.3, -0.25) is 14.4 Å². The van der Waals surface area contributed by atoms with E-state index in [-0.39, 0.29) is 24.4 Å². The molecule has 51 heavy (non-hydrogen) atoms. The summed E-state index contributed by atoms with van der Waals surface area (Å²) in [5, 5.41) is 12.3. The van der Waals surface area contributed by atoms with Crippen molar-refractivity contribution in [2.45, 2.75) is 52.0 Å². The summed E-state index contributed by atoms with van der Waals surface area (Å²) in [6.45, 7) is 2.28. The molecule has 0 saturated heterocycles. The second-order valence-electron chi connectivity index (χ2n) is 11.9. The molecule has 0 bridgehead atoms. The summed E-state index contributed by atoms with van der Waals surface area (Å²) in [5.74, 6) is -0.366. The molecule has 0 spiro atoms. The first-order chi connectivity index (χ1) is 24.7. The van der Waals surface area contributed by atoms with Gasteiger partial charge in [-0.1, -0.05) is 50.8 Å². The van der Waals surface area contributed by atoms with E-state index in [0.717, 1.165) is 12.8 Å². The molecule has 0 atom stereocenters. The highest BCUT2D eigenvalue weighted by atomic mass is 16.5. The van der Waals surface area contributed by atoms with Crippen LogP contribution in [-0.4, -0.2) is 61.1 Å². The largest absolute Gasteiger partial charge is 0.497 e. The molecule has 0 heterocycles. The zero-order valence-corrected chi connectivity index (χ0v) is 29.2. The van der Waals surface area contributed by atoms with Gasteiger partial charge in [-0.05, 0) is 78.7 Å². The van der Waals surface area contributed by atoms with Gasteiger partial charge in [0.2, 0.25) is 5.91 Å². The number of ether oxygens (including phenoxy) is 4. The van der Waals surface area contributed by atoms with Gasteiger partial charge >= 0.3 is 11.9 Å². The van der Waals surface area contributed by atoms with E-state index in [1.54, 1.807) is 86.0 Å². The average molecular weight is 697 g/mol. The van der Waals surface area contributed by atoms with Crippen molar-refractivity contribution < 1.29 is 43.2 Å². The van der Waals surface area contributed by atoms with Crippen LogP contribution in [0.4, 0.5) is 5.69 Å². The maximum atomic E-state index is 13.4. The number of carboxylic acid groups (broad SMARTS) is 1. The Bertz CT molecular complexity index is 1750. The molecule has 0 aliphatic rings.